The molecule has 0 saturated carbocycles. The van der Waals surface area contributed by atoms with Crippen LogP contribution in [0.3, 0.4) is 0 Å². The van der Waals surface area contributed by atoms with Crippen molar-refractivity contribution in [3.8, 4) is 17.0 Å². The lowest BCUT2D eigenvalue weighted by molar-refractivity contribution is 0.0958. The van der Waals surface area contributed by atoms with Gasteiger partial charge in [-0.15, -0.1) is 0 Å². The third-order valence-electron chi connectivity index (χ3n) is 4.05. The normalized spacial score (nSPS) is 10.2. The van der Waals surface area contributed by atoms with Gasteiger partial charge in [-0.2, -0.15) is 0 Å². The van der Waals surface area contributed by atoms with Crippen molar-refractivity contribution in [2.24, 2.45) is 5.73 Å². The van der Waals surface area contributed by atoms with Crippen LogP contribution in [0.25, 0.3) is 22.2 Å². The molecule has 30 heavy (non-hydrogen) atoms. The molecule has 4 rings (SSSR count). The molecule has 0 aliphatic heterocycles. The number of nitrogens with zero attached hydrogens (tertiary/aromatic N) is 4. The molecule has 3 heterocycles. The quantitative estimate of drug-likeness (QED) is 0.484. The monoisotopic (exact) mass is 406 g/mol. The summed E-state index contributed by atoms with van der Waals surface area (Å²) in [6.45, 7) is 1.31. The second kappa shape index (κ2) is 8.78. The van der Waals surface area contributed by atoms with Crippen molar-refractivity contribution in [3.63, 3.8) is 0 Å². The van der Waals surface area contributed by atoms with Crippen LogP contribution < -0.4 is 16.2 Å². The number of ether oxygens (including phenoxy) is 1. The Morgan fingerprint density at radius 2 is 1.73 bits per heavy atom. The number of primary amides is 1. The Labute approximate surface area is 170 Å². The lowest BCUT2D eigenvalue weighted by atomic mass is 10.0. The molecule has 10 nitrogen and oxygen atoms in total. The zero-order chi connectivity index (χ0) is 21.7. The topological polar surface area (TPSA) is 160 Å². The maximum Gasteiger partial charge on any atom is 0.253 e. The van der Waals surface area contributed by atoms with E-state index in [4.69, 9.17) is 20.6 Å². The van der Waals surface area contributed by atoms with E-state index in [1.54, 1.807) is 36.7 Å². The lowest BCUT2D eigenvalue weighted by Gasteiger charge is -2.06. The van der Waals surface area contributed by atoms with Crippen LogP contribution in [-0.4, -0.2) is 38.7 Å². The standard InChI is InChI=1S/C16H13N3O4.C4H5N3/c1-8(20)14-13(16(17)21)12-9(10-5-6-18-7-19-10)3-4-11(22-2)15(12)23-14;5-4-1-2-6-3-7-4/h3-7H,1-2H3,(H2,17,21);1-3H,(H2,5,6,7). The number of hydrogen-bond acceptors (Lipinski definition) is 9. The van der Waals surface area contributed by atoms with Crippen molar-refractivity contribution in [1.82, 2.24) is 19.9 Å². The number of carbonyl (C=O) groups excluding carboxylic acids is 2. The van der Waals surface area contributed by atoms with Gasteiger partial charge in [0.05, 0.1) is 18.4 Å². The van der Waals surface area contributed by atoms with E-state index in [2.05, 4.69) is 19.9 Å². The number of benzene rings is 1. The molecule has 0 aliphatic rings. The minimum absolute atomic E-state index is 0.0278. The van der Waals surface area contributed by atoms with E-state index >= 15 is 0 Å². The highest BCUT2D eigenvalue weighted by Crippen LogP contribution is 2.39. The van der Waals surface area contributed by atoms with Crippen molar-refractivity contribution >= 4 is 28.5 Å². The molecule has 1 aromatic carbocycles. The van der Waals surface area contributed by atoms with Crippen molar-refractivity contribution in [1.29, 1.82) is 0 Å². The minimum atomic E-state index is -0.752. The largest absolute Gasteiger partial charge is 0.493 e. The molecule has 0 bridgehead atoms. The zero-order valence-electron chi connectivity index (χ0n) is 16.2. The van der Waals surface area contributed by atoms with E-state index in [0.29, 0.717) is 28.2 Å². The van der Waals surface area contributed by atoms with E-state index in [0.717, 1.165) is 0 Å². The molecule has 4 aromatic rings. The van der Waals surface area contributed by atoms with Gasteiger partial charge >= 0.3 is 0 Å². The SMILES string of the molecule is COc1ccc(-c2ccncn2)c2c(C(N)=O)c(C(C)=O)oc12.Nc1ccncn1. The second-order valence-electron chi connectivity index (χ2n) is 5.97. The fraction of sp³-hybridized carbons (Fsp3) is 0.100. The fourth-order valence-corrected chi connectivity index (χ4v) is 2.79. The Morgan fingerprint density at radius 1 is 1.03 bits per heavy atom. The van der Waals surface area contributed by atoms with Gasteiger partial charge in [0.25, 0.3) is 5.91 Å². The number of amides is 1. The second-order valence-corrected chi connectivity index (χ2v) is 5.97. The number of aromatic nitrogens is 4. The number of ketones is 1. The summed E-state index contributed by atoms with van der Waals surface area (Å²) in [6.07, 6.45) is 5.98. The molecule has 4 N–H and O–H groups in total. The van der Waals surface area contributed by atoms with Gasteiger partial charge in [0.2, 0.25) is 0 Å². The van der Waals surface area contributed by atoms with Crippen LogP contribution in [0.4, 0.5) is 5.82 Å². The van der Waals surface area contributed by atoms with Gasteiger partial charge in [-0.1, -0.05) is 0 Å². The van der Waals surface area contributed by atoms with Crippen molar-refractivity contribution in [3.05, 3.63) is 60.6 Å². The third-order valence-corrected chi connectivity index (χ3v) is 4.05. The number of furan rings is 1. The van der Waals surface area contributed by atoms with Gasteiger partial charge in [0.1, 0.15) is 18.5 Å². The Balaban J connectivity index is 0.000000310. The number of nitrogens with two attached hydrogens (primary N) is 2. The summed E-state index contributed by atoms with van der Waals surface area (Å²) in [5, 5.41) is 0.403. The fourth-order valence-electron chi connectivity index (χ4n) is 2.79. The summed E-state index contributed by atoms with van der Waals surface area (Å²) >= 11 is 0. The van der Waals surface area contributed by atoms with Gasteiger partial charge in [0, 0.05) is 30.3 Å². The number of nitrogen functional groups attached to an aromatic ring is 1. The molecule has 152 valence electrons. The number of Topliss-reactive ketones (excluding diaryl/α,β-unsaturated/α-hetero) is 1. The van der Waals surface area contributed by atoms with Gasteiger partial charge < -0.3 is 20.6 Å². The van der Waals surface area contributed by atoms with E-state index in [1.807, 2.05) is 0 Å². The molecule has 0 radical (unpaired) electrons. The summed E-state index contributed by atoms with van der Waals surface area (Å²) in [4.78, 5) is 39.1. The van der Waals surface area contributed by atoms with Gasteiger partial charge in [0.15, 0.2) is 22.9 Å². The number of rotatable bonds is 4. The molecule has 3 aromatic heterocycles. The maximum atomic E-state index is 11.9. The molecule has 0 atom stereocenters. The highest BCUT2D eigenvalue weighted by Gasteiger charge is 2.26. The van der Waals surface area contributed by atoms with Gasteiger partial charge in [-0.3, -0.25) is 9.59 Å². The molecule has 1 amide bonds. The maximum absolute atomic E-state index is 11.9. The van der Waals surface area contributed by atoms with Crippen LogP contribution >= 0.6 is 0 Å². The van der Waals surface area contributed by atoms with E-state index in [9.17, 15) is 9.59 Å². The summed E-state index contributed by atoms with van der Waals surface area (Å²) < 4.78 is 10.8. The molecule has 0 spiro atoms. The molecular weight excluding hydrogens is 388 g/mol. The summed E-state index contributed by atoms with van der Waals surface area (Å²) in [5.41, 5.74) is 12.2. The molecule has 0 fully saturated rings. The van der Waals surface area contributed by atoms with Crippen molar-refractivity contribution < 1.29 is 18.7 Å². The Morgan fingerprint density at radius 3 is 2.20 bits per heavy atom. The first-order valence-electron chi connectivity index (χ1n) is 8.66. The Bertz CT molecular complexity index is 1190. The Hall–Kier alpha value is -4.34. The van der Waals surface area contributed by atoms with Crippen LogP contribution in [0.5, 0.6) is 5.75 Å². The van der Waals surface area contributed by atoms with Gasteiger partial charge in [-0.05, 0) is 24.3 Å². The number of anilines is 1. The molecular formula is C20H18N6O4. The van der Waals surface area contributed by atoms with E-state index in [-0.39, 0.29) is 16.9 Å². The predicted octanol–water partition coefficient (Wildman–Crippen LogP) is 2.26. The average molecular weight is 406 g/mol. The Kier molecular flexibility index (Phi) is 5.97. The molecule has 10 heteroatoms. The van der Waals surface area contributed by atoms with Crippen LogP contribution in [0.1, 0.15) is 27.8 Å². The summed E-state index contributed by atoms with van der Waals surface area (Å²) in [7, 11) is 1.47. The zero-order valence-corrected chi connectivity index (χ0v) is 16.2. The van der Waals surface area contributed by atoms with Crippen LogP contribution in [0, 0.1) is 0 Å². The average Bonchev–Trinajstić information content (AvgIpc) is 3.16. The number of methoxy groups -OCH3 is 1. The molecule has 0 saturated heterocycles. The highest BCUT2D eigenvalue weighted by atomic mass is 16.5. The van der Waals surface area contributed by atoms with Crippen molar-refractivity contribution in [2.75, 3.05) is 12.8 Å². The van der Waals surface area contributed by atoms with Gasteiger partial charge in [-0.25, -0.2) is 19.9 Å². The van der Waals surface area contributed by atoms with Crippen LogP contribution in [-0.2, 0) is 0 Å². The highest BCUT2D eigenvalue weighted by molar-refractivity contribution is 6.18. The summed E-state index contributed by atoms with van der Waals surface area (Å²) in [6, 6.07) is 6.74. The number of fused-ring (bicyclic) bond motifs is 1. The first-order valence-corrected chi connectivity index (χ1v) is 8.66. The molecule has 0 unspecified atom stereocenters. The predicted molar refractivity (Wildman–Crippen MR) is 109 cm³/mol. The van der Waals surface area contributed by atoms with E-state index < -0.39 is 11.7 Å². The lowest BCUT2D eigenvalue weighted by Crippen LogP contribution is -2.14. The first-order chi connectivity index (χ1) is 14.4. The summed E-state index contributed by atoms with van der Waals surface area (Å²) in [5.74, 6) is -0.335. The van der Waals surface area contributed by atoms with Crippen molar-refractivity contribution in [2.45, 2.75) is 6.92 Å². The number of hydrogen-bond donors (Lipinski definition) is 2. The first kappa shape index (κ1) is 20.4. The third kappa shape index (κ3) is 4.07. The minimum Gasteiger partial charge on any atom is -0.493 e. The van der Waals surface area contributed by atoms with Crippen LogP contribution in [0.15, 0.2) is 53.7 Å². The smallest absolute Gasteiger partial charge is 0.253 e. The number of carbonyl (C=O) groups is 2. The molecule has 0 aliphatic carbocycles. The van der Waals surface area contributed by atoms with Crippen LogP contribution in [0.2, 0.25) is 0 Å². The van der Waals surface area contributed by atoms with E-state index in [1.165, 1.54) is 26.7 Å².